The maximum atomic E-state index is 5.73. The highest BCUT2D eigenvalue weighted by molar-refractivity contribution is 8.69. The third-order valence-electron chi connectivity index (χ3n) is 1.75. The molecule has 0 spiro atoms. The summed E-state index contributed by atoms with van der Waals surface area (Å²) in [4.78, 5) is 0. The molecule has 0 bridgehead atoms. The van der Waals surface area contributed by atoms with E-state index in [-0.39, 0.29) is 0 Å². The SMILES string of the molecule is CC=CNC=NP(=S)(OCCC)SCCCC. The van der Waals surface area contributed by atoms with Crippen LogP contribution in [0, 0.1) is 0 Å². The van der Waals surface area contributed by atoms with Gasteiger partial charge in [0.25, 0.3) is 0 Å². The van der Waals surface area contributed by atoms with Gasteiger partial charge >= 0.3 is 0 Å². The van der Waals surface area contributed by atoms with E-state index in [4.69, 9.17) is 16.3 Å². The van der Waals surface area contributed by atoms with Gasteiger partial charge in [0, 0.05) is 5.75 Å². The molecule has 0 aliphatic rings. The lowest BCUT2D eigenvalue weighted by molar-refractivity contribution is 0.358. The topological polar surface area (TPSA) is 33.6 Å². The molecule has 1 atom stereocenters. The second-order valence-corrected chi connectivity index (χ2v) is 9.93. The van der Waals surface area contributed by atoms with Crippen molar-refractivity contribution >= 4 is 35.1 Å². The first-order valence-corrected chi connectivity index (χ1v) is 10.2. The van der Waals surface area contributed by atoms with Crippen LogP contribution in [0.5, 0.6) is 0 Å². The molecule has 17 heavy (non-hydrogen) atoms. The van der Waals surface area contributed by atoms with Crippen LogP contribution in [0.4, 0.5) is 0 Å². The van der Waals surface area contributed by atoms with E-state index in [0.717, 1.165) is 18.6 Å². The van der Waals surface area contributed by atoms with Crippen LogP contribution in [0.25, 0.3) is 0 Å². The number of unbranched alkanes of at least 4 members (excludes halogenated alkanes) is 1. The minimum Gasteiger partial charge on any atom is -0.353 e. The summed E-state index contributed by atoms with van der Waals surface area (Å²) < 4.78 is 10.1. The number of rotatable bonds is 10. The van der Waals surface area contributed by atoms with Gasteiger partial charge in [-0.3, -0.25) is 0 Å². The predicted molar refractivity (Wildman–Crippen MR) is 84.3 cm³/mol. The van der Waals surface area contributed by atoms with E-state index < -0.39 is 5.62 Å². The van der Waals surface area contributed by atoms with E-state index in [1.807, 2.05) is 19.2 Å². The van der Waals surface area contributed by atoms with Crippen molar-refractivity contribution in [3.05, 3.63) is 12.3 Å². The normalized spacial score (nSPS) is 15.5. The first-order chi connectivity index (χ1) is 8.18. The fourth-order valence-electron chi connectivity index (χ4n) is 0.878. The van der Waals surface area contributed by atoms with Crippen LogP contribution in [-0.4, -0.2) is 18.7 Å². The van der Waals surface area contributed by atoms with Gasteiger partial charge in [-0.25, -0.2) is 4.76 Å². The molecule has 0 amide bonds. The highest BCUT2D eigenvalue weighted by atomic mass is 32.9. The zero-order valence-electron chi connectivity index (χ0n) is 10.9. The van der Waals surface area contributed by atoms with Crippen molar-refractivity contribution in [2.75, 3.05) is 12.4 Å². The Kier molecular flexibility index (Phi) is 11.4. The number of hydrogen-bond donors (Lipinski definition) is 1. The van der Waals surface area contributed by atoms with E-state index in [1.165, 1.54) is 6.42 Å². The quantitative estimate of drug-likeness (QED) is 0.281. The van der Waals surface area contributed by atoms with Gasteiger partial charge in [-0.05, 0) is 37.8 Å². The maximum absolute atomic E-state index is 5.73. The molecular formula is C11H23N2OPS2. The molecule has 0 rings (SSSR count). The van der Waals surface area contributed by atoms with Gasteiger partial charge in [0.1, 0.15) is 0 Å². The van der Waals surface area contributed by atoms with Crippen molar-refractivity contribution in [2.45, 2.75) is 40.0 Å². The molecule has 0 fully saturated rings. The van der Waals surface area contributed by atoms with Crippen molar-refractivity contribution in [2.24, 2.45) is 4.76 Å². The van der Waals surface area contributed by atoms with E-state index in [0.29, 0.717) is 6.61 Å². The Morgan fingerprint density at radius 1 is 1.41 bits per heavy atom. The summed E-state index contributed by atoms with van der Waals surface area (Å²) in [6.07, 6.45) is 8.69. The van der Waals surface area contributed by atoms with Crippen LogP contribution in [0.15, 0.2) is 17.0 Å². The van der Waals surface area contributed by atoms with E-state index in [2.05, 4.69) is 23.9 Å². The largest absolute Gasteiger partial charge is 0.353 e. The minimum absolute atomic E-state index is 0.692. The van der Waals surface area contributed by atoms with Gasteiger partial charge in [-0.15, -0.1) is 0 Å². The number of hydrogen-bond acceptors (Lipinski definition) is 3. The van der Waals surface area contributed by atoms with E-state index >= 15 is 0 Å². The summed E-state index contributed by atoms with van der Waals surface area (Å²) in [5.74, 6) is 1.03. The molecule has 0 aliphatic heterocycles. The van der Waals surface area contributed by atoms with Gasteiger partial charge in [0.05, 0.1) is 12.9 Å². The molecule has 0 aromatic rings. The second-order valence-electron chi connectivity index (χ2n) is 3.40. The van der Waals surface area contributed by atoms with Crippen LogP contribution >= 0.6 is 17.0 Å². The standard InChI is InChI=1S/C11H23N2OPS2/c1-4-7-10-17-15(16,14-9-6-3)13-11-12-8-5-2/h5,8,11H,4,6-7,9-10H2,1-3H3,(H,12,13,16). The van der Waals surface area contributed by atoms with Crippen LogP contribution in [0.2, 0.25) is 0 Å². The molecule has 1 unspecified atom stereocenters. The Labute approximate surface area is 114 Å². The number of nitrogens with zero attached hydrogens (tertiary/aromatic N) is 1. The van der Waals surface area contributed by atoms with Crippen molar-refractivity contribution in [1.82, 2.24) is 5.32 Å². The Morgan fingerprint density at radius 2 is 2.18 bits per heavy atom. The highest BCUT2D eigenvalue weighted by Gasteiger charge is 2.15. The van der Waals surface area contributed by atoms with Crippen LogP contribution < -0.4 is 5.32 Å². The van der Waals surface area contributed by atoms with Crippen molar-refractivity contribution in [1.29, 1.82) is 0 Å². The van der Waals surface area contributed by atoms with E-state index in [9.17, 15) is 0 Å². The smallest absolute Gasteiger partial charge is 0.232 e. The molecule has 0 saturated heterocycles. The summed E-state index contributed by atoms with van der Waals surface area (Å²) in [5.41, 5.74) is -2.08. The average Bonchev–Trinajstić information content (AvgIpc) is 2.33. The fourth-order valence-corrected chi connectivity index (χ4v) is 5.26. The molecule has 1 N–H and O–H groups in total. The Bertz CT molecular complexity index is 283. The first-order valence-electron chi connectivity index (χ1n) is 5.99. The third kappa shape index (κ3) is 9.83. The van der Waals surface area contributed by atoms with Crippen LogP contribution in [-0.2, 0) is 16.3 Å². The number of allylic oxidation sites excluding steroid dienone is 1. The molecule has 0 saturated carbocycles. The molecule has 3 nitrogen and oxygen atoms in total. The Hall–Kier alpha value is 0.170. The maximum Gasteiger partial charge on any atom is 0.232 e. The monoisotopic (exact) mass is 294 g/mol. The summed E-state index contributed by atoms with van der Waals surface area (Å²) in [6, 6.07) is 0. The summed E-state index contributed by atoms with van der Waals surface area (Å²) in [6.45, 7) is 6.89. The van der Waals surface area contributed by atoms with Gasteiger partial charge in [0.2, 0.25) is 5.62 Å². The second kappa shape index (κ2) is 11.3. The molecule has 0 heterocycles. The Morgan fingerprint density at radius 3 is 2.76 bits per heavy atom. The van der Waals surface area contributed by atoms with E-state index in [1.54, 1.807) is 17.7 Å². The highest BCUT2D eigenvalue weighted by Crippen LogP contribution is 2.61. The summed E-state index contributed by atoms with van der Waals surface area (Å²) in [5, 5.41) is 2.95. The zero-order valence-corrected chi connectivity index (χ0v) is 13.4. The predicted octanol–water partition coefficient (Wildman–Crippen LogP) is 4.32. The van der Waals surface area contributed by atoms with Gasteiger partial charge < -0.3 is 9.84 Å². The molecular weight excluding hydrogens is 271 g/mol. The third-order valence-corrected chi connectivity index (χ3v) is 7.13. The summed E-state index contributed by atoms with van der Waals surface area (Å²) in [7, 11) is 0. The van der Waals surface area contributed by atoms with Gasteiger partial charge in [0.15, 0.2) is 0 Å². The fraction of sp³-hybridized carbons (Fsp3) is 0.727. The van der Waals surface area contributed by atoms with Crippen molar-refractivity contribution < 1.29 is 4.52 Å². The Balaban J connectivity index is 4.27. The lowest BCUT2D eigenvalue weighted by atomic mass is 10.4. The molecule has 0 radical (unpaired) electrons. The first kappa shape index (κ1) is 17.2. The van der Waals surface area contributed by atoms with Crippen molar-refractivity contribution in [3.63, 3.8) is 0 Å². The number of nitrogens with one attached hydrogen (secondary N) is 1. The molecule has 0 aromatic heterocycles. The molecule has 0 aromatic carbocycles. The zero-order chi connectivity index (χ0) is 13.0. The van der Waals surface area contributed by atoms with Gasteiger partial charge in [-0.1, -0.05) is 37.7 Å². The minimum atomic E-state index is -2.08. The lowest BCUT2D eigenvalue weighted by Gasteiger charge is -2.16. The molecule has 0 aliphatic carbocycles. The van der Waals surface area contributed by atoms with Crippen LogP contribution in [0.3, 0.4) is 0 Å². The molecule has 6 heteroatoms. The lowest BCUT2D eigenvalue weighted by Crippen LogP contribution is -2.00. The molecule has 100 valence electrons. The average molecular weight is 294 g/mol. The summed E-state index contributed by atoms with van der Waals surface area (Å²) >= 11 is 7.21. The van der Waals surface area contributed by atoms with Crippen molar-refractivity contribution in [3.8, 4) is 0 Å². The van der Waals surface area contributed by atoms with Crippen LogP contribution in [0.1, 0.15) is 40.0 Å². The van der Waals surface area contributed by atoms with Gasteiger partial charge in [-0.2, -0.15) is 0 Å².